The van der Waals surface area contributed by atoms with Gasteiger partial charge in [-0.25, -0.2) is 4.98 Å². The first-order chi connectivity index (χ1) is 15.0. The van der Waals surface area contributed by atoms with Gasteiger partial charge in [0.15, 0.2) is 5.16 Å². The molecule has 0 spiro atoms. The molecule has 4 aromatic rings. The molecule has 0 fully saturated rings. The maximum atomic E-state index is 13.4. The second-order valence-corrected chi connectivity index (χ2v) is 9.44. The van der Waals surface area contributed by atoms with Crippen LogP contribution in [0.4, 0.5) is 11.4 Å². The van der Waals surface area contributed by atoms with Crippen LogP contribution in [0.25, 0.3) is 10.9 Å². The first kappa shape index (κ1) is 20.2. The Bertz CT molecular complexity index is 1400. The van der Waals surface area contributed by atoms with Gasteiger partial charge in [-0.05, 0) is 42.5 Å². The van der Waals surface area contributed by atoms with Crippen molar-refractivity contribution in [2.45, 2.75) is 14.9 Å². The number of halogens is 1. The lowest BCUT2D eigenvalue weighted by atomic mass is 10.2. The Morgan fingerprint density at radius 1 is 1.03 bits per heavy atom. The average Bonchev–Trinajstić information content (AvgIpc) is 2.79. The zero-order valence-electron chi connectivity index (χ0n) is 16.4. The van der Waals surface area contributed by atoms with Crippen LogP contribution in [0.15, 0.2) is 86.5 Å². The van der Waals surface area contributed by atoms with E-state index in [1.807, 2.05) is 54.6 Å². The molecule has 1 aliphatic heterocycles. The van der Waals surface area contributed by atoms with Crippen LogP contribution in [0.1, 0.15) is 0 Å². The summed E-state index contributed by atoms with van der Waals surface area (Å²) >= 11 is 9.11. The van der Waals surface area contributed by atoms with Gasteiger partial charge in [-0.3, -0.25) is 19.1 Å². The fourth-order valence-electron chi connectivity index (χ4n) is 3.51. The number of carbonyl (C=O) groups excluding carboxylic acids is 1. The van der Waals surface area contributed by atoms with E-state index in [0.717, 1.165) is 21.2 Å². The van der Waals surface area contributed by atoms with Crippen LogP contribution in [0.5, 0.6) is 0 Å². The summed E-state index contributed by atoms with van der Waals surface area (Å²) < 4.78 is 1.49. The van der Waals surface area contributed by atoms with E-state index in [1.54, 1.807) is 35.8 Å². The highest BCUT2D eigenvalue weighted by Crippen LogP contribution is 2.49. The third-order valence-corrected chi connectivity index (χ3v) is 7.38. The SMILES string of the molecule is Cn1c(SCC(=O)N2c3ccccc3Sc3ccc(Cl)cc32)nc2ccccc2c1=O. The maximum absolute atomic E-state index is 13.4. The molecular formula is C23H16ClN3O2S2. The molecule has 0 aliphatic carbocycles. The molecule has 1 aromatic heterocycles. The van der Waals surface area contributed by atoms with Crippen molar-refractivity contribution in [1.82, 2.24) is 9.55 Å². The molecule has 5 rings (SSSR count). The van der Waals surface area contributed by atoms with E-state index in [-0.39, 0.29) is 17.2 Å². The molecule has 2 heterocycles. The van der Waals surface area contributed by atoms with Gasteiger partial charge in [0.2, 0.25) is 5.91 Å². The summed E-state index contributed by atoms with van der Waals surface area (Å²) in [5, 5.41) is 1.64. The van der Waals surface area contributed by atoms with Crippen LogP contribution < -0.4 is 10.5 Å². The number of hydrogen-bond donors (Lipinski definition) is 0. The largest absolute Gasteiger partial charge is 0.290 e. The molecule has 1 aliphatic rings. The second-order valence-electron chi connectivity index (χ2n) is 6.98. The van der Waals surface area contributed by atoms with Gasteiger partial charge < -0.3 is 0 Å². The first-order valence-electron chi connectivity index (χ1n) is 9.51. The minimum atomic E-state index is -0.127. The summed E-state index contributed by atoms with van der Waals surface area (Å²) in [7, 11) is 1.68. The third kappa shape index (κ3) is 3.63. The lowest BCUT2D eigenvalue weighted by molar-refractivity contribution is -0.115. The minimum Gasteiger partial charge on any atom is -0.290 e. The van der Waals surface area contributed by atoms with E-state index >= 15 is 0 Å². The van der Waals surface area contributed by atoms with Crippen molar-refractivity contribution in [1.29, 1.82) is 0 Å². The van der Waals surface area contributed by atoms with Crippen LogP contribution in [0, 0.1) is 0 Å². The Morgan fingerprint density at radius 2 is 1.77 bits per heavy atom. The Balaban J connectivity index is 1.49. The van der Waals surface area contributed by atoms with Crippen molar-refractivity contribution in [3.63, 3.8) is 0 Å². The van der Waals surface area contributed by atoms with Crippen LogP contribution in [0.2, 0.25) is 5.02 Å². The topological polar surface area (TPSA) is 55.2 Å². The molecule has 31 heavy (non-hydrogen) atoms. The highest BCUT2D eigenvalue weighted by molar-refractivity contribution is 8.00. The number of nitrogens with zero attached hydrogens (tertiary/aromatic N) is 3. The van der Waals surface area contributed by atoms with Gasteiger partial charge in [0.1, 0.15) is 0 Å². The molecule has 3 aromatic carbocycles. The monoisotopic (exact) mass is 465 g/mol. The van der Waals surface area contributed by atoms with Crippen LogP contribution >= 0.6 is 35.1 Å². The van der Waals surface area contributed by atoms with Gasteiger partial charge in [-0.1, -0.05) is 59.4 Å². The van der Waals surface area contributed by atoms with Gasteiger partial charge >= 0.3 is 0 Å². The van der Waals surface area contributed by atoms with E-state index in [0.29, 0.717) is 21.1 Å². The van der Waals surface area contributed by atoms with Crippen molar-refractivity contribution in [3.05, 3.63) is 82.1 Å². The summed E-state index contributed by atoms with van der Waals surface area (Å²) in [5.41, 5.74) is 2.09. The summed E-state index contributed by atoms with van der Waals surface area (Å²) in [5.74, 6) is 0.0208. The number of benzene rings is 3. The molecule has 1 amide bonds. The summed E-state index contributed by atoms with van der Waals surface area (Å²) in [6.07, 6.45) is 0. The highest BCUT2D eigenvalue weighted by Gasteiger charge is 2.28. The van der Waals surface area contributed by atoms with Crippen LogP contribution in [-0.2, 0) is 11.8 Å². The fourth-order valence-corrected chi connectivity index (χ4v) is 5.54. The first-order valence-corrected chi connectivity index (χ1v) is 11.7. The molecule has 154 valence electrons. The van der Waals surface area contributed by atoms with Crippen molar-refractivity contribution in [3.8, 4) is 0 Å². The quantitative estimate of drug-likeness (QED) is 0.295. The van der Waals surface area contributed by atoms with Gasteiger partial charge in [0, 0.05) is 21.9 Å². The molecule has 0 bridgehead atoms. The van der Waals surface area contributed by atoms with Crippen molar-refractivity contribution >= 4 is 63.3 Å². The zero-order chi connectivity index (χ0) is 21.5. The summed E-state index contributed by atoms with van der Waals surface area (Å²) in [6.45, 7) is 0. The molecule has 0 N–H and O–H groups in total. The molecule has 0 saturated heterocycles. The lowest BCUT2D eigenvalue weighted by Crippen LogP contribution is -2.30. The normalized spacial score (nSPS) is 12.5. The van der Waals surface area contributed by atoms with Crippen LogP contribution in [0.3, 0.4) is 0 Å². The van der Waals surface area contributed by atoms with Gasteiger partial charge in [-0.2, -0.15) is 0 Å². The number of carbonyl (C=O) groups is 1. The molecule has 5 nitrogen and oxygen atoms in total. The highest BCUT2D eigenvalue weighted by atomic mass is 35.5. The third-order valence-electron chi connectivity index (χ3n) is 5.00. The van der Waals surface area contributed by atoms with Crippen molar-refractivity contribution < 1.29 is 4.79 Å². The fraction of sp³-hybridized carbons (Fsp3) is 0.0870. The van der Waals surface area contributed by atoms with E-state index in [9.17, 15) is 9.59 Å². The predicted molar refractivity (Wildman–Crippen MR) is 127 cm³/mol. The van der Waals surface area contributed by atoms with E-state index in [2.05, 4.69) is 4.98 Å². The Hall–Kier alpha value is -2.74. The van der Waals surface area contributed by atoms with E-state index < -0.39 is 0 Å². The number of amides is 1. The number of rotatable bonds is 3. The Labute approximate surface area is 192 Å². The number of para-hydroxylation sites is 2. The maximum Gasteiger partial charge on any atom is 0.261 e. The number of fused-ring (bicyclic) bond motifs is 3. The Morgan fingerprint density at radius 3 is 2.65 bits per heavy atom. The number of anilines is 2. The molecule has 8 heteroatoms. The average molecular weight is 466 g/mol. The molecule has 0 atom stereocenters. The zero-order valence-corrected chi connectivity index (χ0v) is 18.8. The molecular weight excluding hydrogens is 450 g/mol. The summed E-state index contributed by atoms with van der Waals surface area (Å²) in [6, 6.07) is 20.6. The number of hydrogen-bond acceptors (Lipinski definition) is 5. The van der Waals surface area contributed by atoms with E-state index in [4.69, 9.17) is 11.6 Å². The van der Waals surface area contributed by atoms with Crippen molar-refractivity contribution in [2.75, 3.05) is 10.7 Å². The van der Waals surface area contributed by atoms with Gasteiger partial charge in [0.05, 0.1) is 28.0 Å². The minimum absolute atomic E-state index is 0.108. The second kappa shape index (κ2) is 8.07. The smallest absolute Gasteiger partial charge is 0.261 e. The predicted octanol–water partition coefficient (Wildman–Crippen LogP) is 5.51. The van der Waals surface area contributed by atoms with Crippen molar-refractivity contribution in [2.24, 2.45) is 7.05 Å². The number of aromatic nitrogens is 2. The number of thioether (sulfide) groups is 1. The molecule has 0 unspecified atom stereocenters. The lowest BCUT2D eigenvalue weighted by Gasteiger charge is -2.31. The summed E-state index contributed by atoms with van der Waals surface area (Å²) in [4.78, 5) is 34.3. The van der Waals surface area contributed by atoms with E-state index in [1.165, 1.54) is 16.3 Å². The molecule has 0 radical (unpaired) electrons. The molecule has 0 saturated carbocycles. The Kier molecular flexibility index (Phi) is 5.25. The standard InChI is InChI=1S/C23H16ClN3O2S2/c1-26-22(29)15-6-2-3-7-16(15)25-23(26)30-13-21(28)27-17-8-4-5-9-19(17)31-20-11-10-14(24)12-18(20)27/h2-12H,13H2,1H3. The van der Waals surface area contributed by atoms with Crippen LogP contribution in [-0.4, -0.2) is 21.2 Å². The van der Waals surface area contributed by atoms with Gasteiger partial charge in [0.25, 0.3) is 5.56 Å². The van der Waals surface area contributed by atoms with Gasteiger partial charge in [-0.15, -0.1) is 0 Å².